The van der Waals surface area contributed by atoms with Crippen LogP contribution in [-0.4, -0.2) is 43.8 Å². The van der Waals surface area contributed by atoms with Gasteiger partial charge in [0, 0.05) is 29.9 Å². The number of carbonyl (C=O) groups is 1. The van der Waals surface area contributed by atoms with Crippen LogP contribution in [0.5, 0.6) is 0 Å². The van der Waals surface area contributed by atoms with Gasteiger partial charge in [-0.15, -0.1) is 11.3 Å². The van der Waals surface area contributed by atoms with E-state index in [1.165, 1.54) is 30.6 Å². The Morgan fingerprint density at radius 2 is 1.86 bits per heavy atom. The molecule has 1 aromatic carbocycles. The second-order valence-electron chi connectivity index (χ2n) is 6.27. The van der Waals surface area contributed by atoms with Crippen LogP contribution >= 0.6 is 11.3 Å². The van der Waals surface area contributed by atoms with Crippen LogP contribution in [0, 0.1) is 0 Å². The molecule has 2 heterocycles. The van der Waals surface area contributed by atoms with Gasteiger partial charge < -0.3 is 15.0 Å². The molecule has 0 saturated heterocycles. The Hall–Kier alpha value is -2.70. The summed E-state index contributed by atoms with van der Waals surface area (Å²) >= 11 is 0.913. The van der Waals surface area contributed by atoms with E-state index in [0.29, 0.717) is 16.1 Å². The first-order valence-electron chi connectivity index (χ1n) is 8.11. The molecule has 0 aliphatic carbocycles. The lowest BCUT2D eigenvalue weighted by molar-refractivity contribution is 0.194. The predicted octanol–water partition coefficient (Wildman–Crippen LogP) is 2.15. The number of aryl methyl sites for hydroxylation is 1. The van der Waals surface area contributed by atoms with Crippen molar-refractivity contribution in [3.8, 4) is 11.3 Å². The molecule has 0 spiro atoms. The third-order valence-electron chi connectivity index (χ3n) is 3.93. The van der Waals surface area contributed by atoms with E-state index in [-0.39, 0.29) is 20.5 Å². The molecule has 0 bridgehead atoms. The Morgan fingerprint density at radius 1 is 1.17 bits per heavy atom. The third kappa shape index (κ3) is 4.66. The van der Waals surface area contributed by atoms with Crippen LogP contribution < -0.4 is 5.32 Å². The number of hydrogen-bond donors (Lipinski definition) is 2. The molecule has 3 rings (SSSR count). The van der Waals surface area contributed by atoms with Crippen molar-refractivity contribution in [1.82, 2.24) is 14.9 Å². The summed E-state index contributed by atoms with van der Waals surface area (Å²) in [6.45, 7) is -0.0297. The summed E-state index contributed by atoms with van der Waals surface area (Å²) in [5.74, 6) is 0. The third-order valence-corrected chi connectivity index (χ3v) is 8.34. The van der Waals surface area contributed by atoms with Crippen LogP contribution in [0.15, 0.2) is 56.9 Å². The molecule has 9 nitrogen and oxygen atoms in total. The van der Waals surface area contributed by atoms with Gasteiger partial charge in [0.05, 0.1) is 28.4 Å². The molecule has 0 radical (unpaired) electrons. The van der Waals surface area contributed by atoms with E-state index in [9.17, 15) is 21.6 Å². The molecule has 29 heavy (non-hydrogen) atoms. The molecule has 12 heteroatoms. The van der Waals surface area contributed by atoms with Crippen LogP contribution in [0.3, 0.4) is 0 Å². The lowest BCUT2D eigenvalue weighted by Gasteiger charge is -2.08. The molecule has 1 amide bonds. The zero-order valence-corrected chi connectivity index (χ0v) is 17.8. The van der Waals surface area contributed by atoms with E-state index in [0.717, 1.165) is 23.7 Å². The lowest BCUT2D eigenvalue weighted by Crippen LogP contribution is -2.19. The molecule has 2 aromatic heterocycles. The van der Waals surface area contributed by atoms with E-state index < -0.39 is 25.8 Å². The fourth-order valence-corrected chi connectivity index (χ4v) is 6.05. The summed E-state index contributed by atoms with van der Waals surface area (Å²) in [6, 6.07) is 6.75. The average Bonchev–Trinajstić information content (AvgIpc) is 3.28. The molecule has 0 unspecified atom stereocenters. The number of nitrogens with one attached hydrogen (secondary N) is 1. The second-order valence-corrected chi connectivity index (χ2v) is 11.6. The summed E-state index contributed by atoms with van der Waals surface area (Å²) in [7, 11) is -5.95. The zero-order valence-electron chi connectivity index (χ0n) is 15.4. The van der Waals surface area contributed by atoms with Gasteiger partial charge in [-0.25, -0.2) is 26.6 Å². The monoisotopic (exact) mass is 455 g/mol. The van der Waals surface area contributed by atoms with Crippen molar-refractivity contribution in [1.29, 1.82) is 0 Å². The highest BCUT2D eigenvalue weighted by atomic mass is 32.2. The van der Waals surface area contributed by atoms with Gasteiger partial charge in [0.2, 0.25) is 9.84 Å². The van der Waals surface area contributed by atoms with E-state index in [1.54, 1.807) is 17.8 Å². The normalized spacial score (nSPS) is 12.1. The summed E-state index contributed by atoms with van der Waals surface area (Å²) < 4.78 is 52.1. The fraction of sp³-hybridized carbons (Fsp3) is 0.176. The van der Waals surface area contributed by atoms with E-state index in [4.69, 9.17) is 5.11 Å². The molecule has 0 saturated carbocycles. The number of imidazole rings is 1. The van der Waals surface area contributed by atoms with Crippen LogP contribution in [0.1, 0.15) is 4.88 Å². The van der Waals surface area contributed by atoms with E-state index >= 15 is 0 Å². The lowest BCUT2D eigenvalue weighted by atomic mass is 10.2. The van der Waals surface area contributed by atoms with Crippen molar-refractivity contribution in [3.05, 3.63) is 47.7 Å². The van der Waals surface area contributed by atoms with Crippen LogP contribution in [-0.2, 0) is 33.3 Å². The summed E-state index contributed by atoms with van der Waals surface area (Å²) in [5.41, 5.74) is 0.795. The topological polar surface area (TPSA) is 135 Å². The van der Waals surface area contributed by atoms with Crippen molar-refractivity contribution < 1.29 is 26.7 Å². The smallest absolute Gasteiger partial charge is 0.404 e. The number of aromatic nitrogens is 2. The van der Waals surface area contributed by atoms with Gasteiger partial charge in [-0.3, -0.25) is 0 Å². The van der Waals surface area contributed by atoms with Gasteiger partial charge in [0.25, 0.3) is 0 Å². The number of hydrogen-bond acceptors (Lipinski definition) is 7. The number of nitrogens with zero attached hydrogens (tertiary/aromatic N) is 2. The zero-order chi connectivity index (χ0) is 21.4. The number of sulfone groups is 2. The van der Waals surface area contributed by atoms with Crippen molar-refractivity contribution >= 4 is 37.1 Å². The maximum atomic E-state index is 13.1. The number of amides is 1. The van der Waals surface area contributed by atoms with Crippen LogP contribution in [0.4, 0.5) is 4.79 Å². The maximum Gasteiger partial charge on any atom is 0.404 e. The Labute approximate surface area is 171 Å². The fourth-order valence-electron chi connectivity index (χ4n) is 2.53. The molecule has 0 aliphatic rings. The quantitative estimate of drug-likeness (QED) is 0.581. The highest BCUT2D eigenvalue weighted by molar-refractivity contribution is 7.93. The molecule has 154 valence electrons. The molecular weight excluding hydrogens is 438 g/mol. The maximum absolute atomic E-state index is 13.1. The highest BCUT2D eigenvalue weighted by Crippen LogP contribution is 2.32. The molecule has 3 aromatic rings. The number of thiophene rings is 1. The van der Waals surface area contributed by atoms with Gasteiger partial charge in [-0.05, 0) is 30.3 Å². The first-order chi connectivity index (χ1) is 13.5. The summed E-state index contributed by atoms with van der Waals surface area (Å²) in [4.78, 5) is 15.0. The molecule has 0 atom stereocenters. The van der Waals surface area contributed by atoms with Crippen LogP contribution in [0.2, 0.25) is 0 Å². The Kier molecular flexibility index (Phi) is 5.52. The van der Waals surface area contributed by atoms with Crippen molar-refractivity contribution in [2.75, 3.05) is 6.26 Å². The summed E-state index contributed by atoms with van der Waals surface area (Å²) in [6.07, 6.45) is 2.96. The van der Waals surface area contributed by atoms with Crippen molar-refractivity contribution in [2.45, 2.75) is 20.5 Å². The van der Waals surface area contributed by atoms with Gasteiger partial charge in [0.1, 0.15) is 4.21 Å². The first-order valence-corrected chi connectivity index (χ1v) is 12.3. The Bertz CT molecular complexity index is 1290. The molecular formula is C17H17N3O6S3. The molecule has 0 fully saturated rings. The minimum Gasteiger partial charge on any atom is -0.465 e. The minimum absolute atomic E-state index is 0.0164. The predicted molar refractivity (Wildman–Crippen MR) is 106 cm³/mol. The second kappa shape index (κ2) is 7.61. The Morgan fingerprint density at radius 3 is 2.45 bits per heavy atom. The molecule has 0 aliphatic heterocycles. The standard InChI is InChI=1S/C17H17N3O6S3/c1-20-9-15(19-10-20)11-5-13(28(2,23)24)7-14(6-11)29(25,26)16-4-3-12(27-16)8-18-17(21)22/h3-7,9-10,18H,8H2,1-2H3,(H,21,22). The van der Waals surface area contributed by atoms with Gasteiger partial charge in [-0.1, -0.05) is 0 Å². The highest BCUT2D eigenvalue weighted by Gasteiger charge is 2.24. The van der Waals surface area contributed by atoms with Gasteiger partial charge >= 0.3 is 6.09 Å². The van der Waals surface area contributed by atoms with Crippen molar-refractivity contribution in [3.63, 3.8) is 0 Å². The van der Waals surface area contributed by atoms with E-state index in [1.807, 2.05) is 0 Å². The van der Waals surface area contributed by atoms with Gasteiger partial charge in [0.15, 0.2) is 9.84 Å². The van der Waals surface area contributed by atoms with Crippen LogP contribution in [0.25, 0.3) is 11.3 Å². The average molecular weight is 456 g/mol. The molecule has 2 N–H and O–H groups in total. The number of benzene rings is 1. The number of rotatable bonds is 6. The Balaban J connectivity index is 2.10. The number of carboxylic acid groups (broad SMARTS) is 1. The summed E-state index contributed by atoms with van der Waals surface area (Å²) in [5, 5.41) is 10.8. The largest absolute Gasteiger partial charge is 0.465 e. The minimum atomic E-state index is -4.02. The van der Waals surface area contributed by atoms with Gasteiger partial charge in [-0.2, -0.15) is 0 Å². The SMILES string of the molecule is Cn1cnc(-c2cc(S(C)(=O)=O)cc(S(=O)(=O)c3ccc(CNC(=O)O)s3)c2)c1. The van der Waals surface area contributed by atoms with Crippen molar-refractivity contribution in [2.24, 2.45) is 7.05 Å². The van der Waals surface area contributed by atoms with E-state index in [2.05, 4.69) is 10.3 Å². The first kappa shape index (κ1) is 21.0.